The molecule has 2 aromatic rings. The lowest BCUT2D eigenvalue weighted by atomic mass is 10.1. The average molecular weight is 300 g/mol. The summed E-state index contributed by atoms with van der Waals surface area (Å²) in [4.78, 5) is 11.7. The fourth-order valence-corrected chi connectivity index (χ4v) is 2.08. The Bertz CT molecular complexity index is 540. The quantitative estimate of drug-likeness (QED) is 0.824. The van der Waals surface area contributed by atoms with E-state index in [1.165, 1.54) is 17.7 Å². The molecule has 0 aliphatic carbocycles. The van der Waals surface area contributed by atoms with Crippen LogP contribution in [0.25, 0.3) is 0 Å². The van der Waals surface area contributed by atoms with E-state index in [-0.39, 0.29) is 11.7 Å². The molecule has 22 heavy (non-hydrogen) atoms. The maximum Gasteiger partial charge on any atom is 0.221 e. The predicted octanol–water partition coefficient (Wildman–Crippen LogP) is 3.30. The fraction of sp³-hybridized carbons (Fsp3) is 0.278. The normalized spacial score (nSPS) is 10.3. The summed E-state index contributed by atoms with van der Waals surface area (Å²) < 4.78 is 12.8. The van der Waals surface area contributed by atoms with E-state index in [4.69, 9.17) is 0 Å². The molecule has 0 aromatic heterocycles. The molecule has 0 unspecified atom stereocenters. The number of carbonyl (C=O) groups is 1. The van der Waals surface area contributed by atoms with Crippen LogP contribution in [0.1, 0.15) is 17.5 Å². The number of anilines is 1. The third kappa shape index (κ3) is 5.56. The molecule has 0 atom stereocenters. The highest BCUT2D eigenvalue weighted by molar-refractivity contribution is 5.76. The van der Waals surface area contributed by atoms with Gasteiger partial charge < -0.3 is 10.6 Å². The van der Waals surface area contributed by atoms with Crippen LogP contribution in [-0.2, 0) is 11.2 Å². The van der Waals surface area contributed by atoms with Gasteiger partial charge in [-0.15, -0.1) is 0 Å². The lowest BCUT2D eigenvalue weighted by molar-refractivity contribution is -0.120. The van der Waals surface area contributed by atoms with Crippen molar-refractivity contribution < 1.29 is 9.18 Å². The van der Waals surface area contributed by atoms with E-state index in [0.29, 0.717) is 25.9 Å². The predicted molar refractivity (Wildman–Crippen MR) is 87.4 cm³/mol. The molecule has 2 rings (SSSR count). The first-order valence-corrected chi connectivity index (χ1v) is 7.45. The molecule has 2 aromatic carbocycles. The maximum absolute atomic E-state index is 12.8. The molecule has 2 N–H and O–H groups in total. The van der Waals surface area contributed by atoms with Gasteiger partial charge in [-0.05, 0) is 43.2 Å². The Hall–Kier alpha value is -2.36. The van der Waals surface area contributed by atoms with Gasteiger partial charge in [-0.25, -0.2) is 4.39 Å². The molecule has 4 heteroatoms. The van der Waals surface area contributed by atoms with Gasteiger partial charge in [0.25, 0.3) is 0 Å². The van der Waals surface area contributed by atoms with E-state index in [2.05, 4.69) is 10.6 Å². The van der Waals surface area contributed by atoms with Crippen LogP contribution in [0, 0.1) is 12.7 Å². The highest BCUT2D eigenvalue weighted by Crippen LogP contribution is 2.08. The molecule has 0 fully saturated rings. The van der Waals surface area contributed by atoms with Crippen molar-refractivity contribution in [2.45, 2.75) is 19.8 Å². The second-order valence-corrected chi connectivity index (χ2v) is 5.27. The summed E-state index contributed by atoms with van der Waals surface area (Å²) in [6, 6.07) is 14.4. The zero-order valence-electron chi connectivity index (χ0n) is 12.7. The van der Waals surface area contributed by atoms with Crippen LogP contribution >= 0.6 is 0 Å². The number of nitrogens with one attached hydrogen (secondary N) is 2. The van der Waals surface area contributed by atoms with E-state index >= 15 is 0 Å². The second-order valence-electron chi connectivity index (χ2n) is 5.27. The van der Waals surface area contributed by atoms with Gasteiger partial charge in [0.15, 0.2) is 0 Å². The van der Waals surface area contributed by atoms with Crippen molar-refractivity contribution in [3.05, 3.63) is 65.5 Å². The molecule has 0 bridgehead atoms. The molecule has 0 spiro atoms. The fourth-order valence-electron chi connectivity index (χ4n) is 2.08. The van der Waals surface area contributed by atoms with Gasteiger partial charge in [0.2, 0.25) is 5.91 Å². The summed E-state index contributed by atoms with van der Waals surface area (Å²) in [5.74, 6) is -0.225. The lowest BCUT2D eigenvalue weighted by Crippen LogP contribution is -2.27. The van der Waals surface area contributed by atoms with E-state index < -0.39 is 0 Å². The van der Waals surface area contributed by atoms with Crippen LogP contribution in [0.2, 0.25) is 0 Å². The molecule has 3 nitrogen and oxygen atoms in total. The highest BCUT2D eigenvalue weighted by atomic mass is 19.1. The molecule has 0 heterocycles. The maximum atomic E-state index is 12.8. The summed E-state index contributed by atoms with van der Waals surface area (Å²) in [6.45, 7) is 3.21. The lowest BCUT2D eigenvalue weighted by Gasteiger charge is -2.08. The van der Waals surface area contributed by atoms with Crippen LogP contribution < -0.4 is 10.6 Å². The van der Waals surface area contributed by atoms with Crippen LogP contribution in [-0.4, -0.2) is 19.0 Å². The summed E-state index contributed by atoms with van der Waals surface area (Å²) in [7, 11) is 0. The zero-order valence-corrected chi connectivity index (χ0v) is 12.7. The molecule has 0 saturated carbocycles. The van der Waals surface area contributed by atoms with Crippen LogP contribution in [0.3, 0.4) is 0 Å². The van der Waals surface area contributed by atoms with Crippen LogP contribution in [0.15, 0.2) is 48.5 Å². The Kier molecular flexibility index (Phi) is 5.95. The second kappa shape index (κ2) is 8.17. The van der Waals surface area contributed by atoms with Gasteiger partial charge in [-0.2, -0.15) is 0 Å². The van der Waals surface area contributed by atoms with Crippen molar-refractivity contribution in [3.63, 3.8) is 0 Å². The Morgan fingerprint density at radius 2 is 1.68 bits per heavy atom. The van der Waals surface area contributed by atoms with E-state index in [1.54, 1.807) is 12.1 Å². The SMILES string of the molecule is Cc1ccc(NCCC(=O)NCCc2ccc(F)cc2)cc1. The summed E-state index contributed by atoms with van der Waals surface area (Å²) in [5.41, 5.74) is 3.24. The third-order valence-electron chi connectivity index (χ3n) is 3.38. The summed E-state index contributed by atoms with van der Waals surface area (Å²) in [5, 5.41) is 6.08. The van der Waals surface area contributed by atoms with Gasteiger partial charge >= 0.3 is 0 Å². The summed E-state index contributed by atoms with van der Waals surface area (Å²) in [6.07, 6.45) is 1.13. The summed E-state index contributed by atoms with van der Waals surface area (Å²) >= 11 is 0. The molecule has 0 aliphatic heterocycles. The molecule has 1 amide bonds. The van der Waals surface area contributed by atoms with E-state index in [1.807, 2.05) is 31.2 Å². The van der Waals surface area contributed by atoms with Crippen molar-refractivity contribution >= 4 is 11.6 Å². The number of hydrogen-bond acceptors (Lipinski definition) is 2. The highest BCUT2D eigenvalue weighted by Gasteiger charge is 2.01. The van der Waals surface area contributed by atoms with Crippen molar-refractivity contribution in [2.75, 3.05) is 18.4 Å². The number of benzene rings is 2. The minimum Gasteiger partial charge on any atom is -0.385 e. The first-order valence-electron chi connectivity index (χ1n) is 7.45. The number of amides is 1. The monoisotopic (exact) mass is 300 g/mol. The van der Waals surface area contributed by atoms with Crippen molar-refractivity contribution in [2.24, 2.45) is 0 Å². The Morgan fingerprint density at radius 3 is 2.36 bits per heavy atom. The largest absolute Gasteiger partial charge is 0.385 e. The van der Waals surface area contributed by atoms with Crippen LogP contribution in [0.4, 0.5) is 10.1 Å². The Labute approximate surface area is 130 Å². The molecule has 0 radical (unpaired) electrons. The molecular formula is C18H21FN2O. The molecule has 116 valence electrons. The number of aryl methyl sites for hydroxylation is 1. The van der Waals surface area contributed by atoms with Gasteiger partial charge in [0, 0.05) is 25.2 Å². The number of rotatable bonds is 7. The topological polar surface area (TPSA) is 41.1 Å². The van der Waals surface area contributed by atoms with Crippen molar-refractivity contribution in [3.8, 4) is 0 Å². The van der Waals surface area contributed by atoms with Gasteiger partial charge in [0.05, 0.1) is 0 Å². The van der Waals surface area contributed by atoms with E-state index in [0.717, 1.165) is 11.3 Å². The Morgan fingerprint density at radius 1 is 1.00 bits per heavy atom. The van der Waals surface area contributed by atoms with E-state index in [9.17, 15) is 9.18 Å². The number of halogens is 1. The van der Waals surface area contributed by atoms with Crippen molar-refractivity contribution in [1.29, 1.82) is 0 Å². The first-order chi connectivity index (χ1) is 10.6. The molecular weight excluding hydrogens is 279 g/mol. The third-order valence-corrected chi connectivity index (χ3v) is 3.38. The molecule has 0 aliphatic rings. The van der Waals surface area contributed by atoms with Crippen molar-refractivity contribution in [1.82, 2.24) is 5.32 Å². The molecule has 0 saturated heterocycles. The van der Waals surface area contributed by atoms with Crippen LogP contribution in [0.5, 0.6) is 0 Å². The van der Waals surface area contributed by atoms with Gasteiger partial charge in [0.1, 0.15) is 5.82 Å². The van der Waals surface area contributed by atoms with Gasteiger partial charge in [-0.1, -0.05) is 29.8 Å². The smallest absolute Gasteiger partial charge is 0.221 e. The zero-order chi connectivity index (χ0) is 15.8. The minimum atomic E-state index is -0.241. The Balaban J connectivity index is 1.61. The number of carbonyl (C=O) groups excluding carboxylic acids is 1. The number of hydrogen-bond donors (Lipinski definition) is 2. The standard InChI is InChI=1S/C18H21FN2O/c1-14-2-8-17(9-3-14)20-13-11-18(22)21-12-10-15-4-6-16(19)7-5-15/h2-9,20H,10-13H2,1H3,(H,21,22). The first kappa shape index (κ1) is 16.0. The van der Waals surface area contributed by atoms with Gasteiger partial charge in [-0.3, -0.25) is 4.79 Å². The average Bonchev–Trinajstić information content (AvgIpc) is 2.51. The minimum absolute atomic E-state index is 0.0155.